The summed E-state index contributed by atoms with van der Waals surface area (Å²) in [7, 11) is 0. The summed E-state index contributed by atoms with van der Waals surface area (Å²) in [6, 6.07) is 17.5. The fourth-order valence-corrected chi connectivity index (χ4v) is 1.50. The molecule has 0 fully saturated rings. The Balaban J connectivity index is 1.90. The molecule has 0 aliphatic carbocycles. The van der Waals surface area contributed by atoms with E-state index in [9.17, 15) is 0 Å². The van der Waals surface area contributed by atoms with Crippen molar-refractivity contribution in [3.63, 3.8) is 0 Å². The number of anilines is 1. The normalized spacial score (nSPS) is 10.3. The summed E-state index contributed by atoms with van der Waals surface area (Å²) in [4.78, 5) is 0. The van der Waals surface area contributed by atoms with Gasteiger partial charge in [0.25, 0.3) is 0 Å². The van der Waals surface area contributed by atoms with Gasteiger partial charge in [0, 0.05) is 0 Å². The minimum Gasteiger partial charge on any atom is -0.490 e. The molecule has 0 aromatic heterocycles. The SMILES string of the molecule is C=CCOc1ccc(C=NNc2ccccc2)cc1. The van der Waals surface area contributed by atoms with Crippen LogP contribution in [-0.4, -0.2) is 12.8 Å². The van der Waals surface area contributed by atoms with Gasteiger partial charge >= 0.3 is 0 Å². The van der Waals surface area contributed by atoms with Crippen molar-refractivity contribution in [3.8, 4) is 5.75 Å². The first-order valence-electron chi connectivity index (χ1n) is 6.06. The summed E-state index contributed by atoms with van der Waals surface area (Å²) in [5.41, 5.74) is 4.94. The van der Waals surface area contributed by atoms with Crippen LogP contribution in [0.15, 0.2) is 72.4 Å². The van der Waals surface area contributed by atoms with E-state index in [4.69, 9.17) is 4.74 Å². The van der Waals surface area contributed by atoms with Gasteiger partial charge in [0.05, 0.1) is 11.9 Å². The molecule has 2 aromatic carbocycles. The van der Waals surface area contributed by atoms with Gasteiger partial charge in [0.15, 0.2) is 0 Å². The third-order valence-electron chi connectivity index (χ3n) is 2.43. The first-order chi connectivity index (χ1) is 9.38. The van der Waals surface area contributed by atoms with Gasteiger partial charge in [-0.25, -0.2) is 0 Å². The van der Waals surface area contributed by atoms with Crippen LogP contribution in [0.4, 0.5) is 5.69 Å². The zero-order chi connectivity index (χ0) is 13.3. The lowest BCUT2D eigenvalue weighted by molar-refractivity contribution is 0.363. The molecule has 0 aliphatic rings. The van der Waals surface area contributed by atoms with Crippen LogP contribution in [0.3, 0.4) is 0 Å². The lowest BCUT2D eigenvalue weighted by Crippen LogP contribution is -1.93. The Morgan fingerprint density at radius 1 is 1.05 bits per heavy atom. The van der Waals surface area contributed by atoms with Crippen LogP contribution in [-0.2, 0) is 0 Å². The quantitative estimate of drug-likeness (QED) is 0.483. The average molecular weight is 252 g/mol. The Morgan fingerprint density at radius 3 is 2.47 bits per heavy atom. The summed E-state index contributed by atoms with van der Waals surface area (Å²) in [5.74, 6) is 0.827. The number of hydrogen-bond donors (Lipinski definition) is 1. The number of nitrogens with zero attached hydrogens (tertiary/aromatic N) is 1. The molecule has 96 valence electrons. The number of nitrogens with one attached hydrogen (secondary N) is 1. The van der Waals surface area contributed by atoms with Crippen LogP contribution in [0, 0.1) is 0 Å². The molecule has 0 saturated heterocycles. The van der Waals surface area contributed by atoms with Crippen LogP contribution in [0.25, 0.3) is 0 Å². The van der Waals surface area contributed by atoms with E-state index in [-0.39, 0.29) is 0 Å². The van der Waals surface area contributed by atoms with E-state index in [0.717, 1.165) is 17.0 Å². The Labute approximate surface area is 113 Å². The predicted octanol–water partition coefficient (Wildman–Crippen LogP) is 3.70. The highest BCUT2D eigenvalue weighted by atomic mass is 16.5. The van der Waals surface area contributed by atoms with Gasteiger partial charge in [-0.3, -0.25) is 5.43 Å². The Hall–Kier alpha value is -2.55. The highest BCUT2D eigenvalue weighted by molar-refractivity contribution is 5.80. The van der Waals surface area contributed by atoms with Crippen molar-refractivity contribution < 1.29 is 4.74 Å². The summed E-state index contributed by atoms with van der Waals surface area (Å²) in [6.07, 6.45) is 3.49. The van der Waals surface area contributed by atoms with Crippen LogP contribution in [0.2, 0.25) is 0 Å². The molecular weight excluding hydrogens is 236 g/mol. The molecule has 2 aromatic rings. The summed E-state index contributed by atoms with van der Waals surface area (Å²) in [6.45, 7) is 4.13. The highest BCUT2D eigenvalue weighted by Crippen LogP contribution is 2.11. The molecule has 0 unspecified atom stereocenters. The number of hydrogen-bond acceptors (Lipinski definition) is 3. The maximum Gasteiger partial charge on any atom is 0.119 e. The van der Waals surface area contributed by atoms with Crippen molar-refractivity contribution in [1.29, 1.82) is 0 Å². The maximum absolute atomic E-state index is 5.41. The molecule has 0 radical (unpaired) electrons. The predicted molar refractivity (Wildman–Crippen MR) is 79.8 cm³/mol. The van der Waals surface area contributed by atoms with Gasteiger partial charge in [-0.2, -0.15) is 5.10 Å². The first-order valence-corrected chi connectivity index (χ1v) is 6.06. The largest absolute Gasteiger partial charge is 0.490 e. The Kier molecular flexibility index (Phi) is 4.76. The number of para-hydroxylation sites is 1. The van der Waals surface area contributed by atoms with Crippen LogP contribution >= 0.6 is 0 Å². The molecule has 19 heavy (non-hydrogen) atoms. The second-order valence-electron chi connectivity index (χ2n) is 3.90. The Morgan fingerprint density at radius 2 is 1.79 bits per heavy atom. The Bertz CT molecular complexity index is 532. The van der Waals surface area contributed by atoms with Gasteiger partial charge < -0.3 is 4.74 Å². The molecule has 0 amide bonds. The van der Waals surface area contributed by atoms with Gasteiger partial charge in [0.2, 0.25) is 0 Å². The molecule has 2 rings (SSSR count). The van der Waals surface area contributed by atoms with Gasteiger partial charge in [-0.05, 0) is 42.0 Å². The molecule has 0 spiro atoms. The van der Waals surface area contributed by atoms with Crippen LogP contribution in [0.5, 0.6) is 5.75 Å². The van der Waals surface area contributed by atoms with Crippen molar-refractivity contribution in [2.45, 2.75) is 0 Å². The van der Waals surface area contributed by atoms with E-state index in [1.165, 1.54) is 0 Å². The third kappa shape index (κ3) is 4.32. The van der Waals surface area contributed by atoms with Crippen molar-refractivity contribution in [3.05, 3.63) is 72.8 Å². The fraction of sp³-hybridized carbons (Fsp3) is 0.0625. The van der Waals surface area contributed by atoms with Crippen molar-refractivity contribution in [1.82, 2.24) is 0 Å². The van der Waals surface area contributed by atoms with E-state index in [0.29, 0.717) is 6.61 Å². The van der Waals surface area contributed by atoms with Gasteiger partial charge in [-0.1, -0.05) is 30.9 Å². The molecule has 3 heteroatoms. The molecule has 0 aliphatic heterocycles. The van der Waals surface area contributed by atoms with E-state index in [2.05, 4.69) is 17.1 Å². The lowest BCUT2D eigenvalue weighted by Gasteiger charge is -2.02. The minimum atomic E-state index is 0.517. The van der Waals surface area contributed by atoms with E-state index < -0.39 is 0 Å². The zero-order valence-corrected chi connectivity index (χ0v) is 10.6. The molecule has 1 N–H and O–H groups in total. The van der Waals surface area contributed by atoms with Gasteiger partial charge in [0.1, 0.15) is 12.4 Å². The summed E-state index contributed by atoms with van der Waals surface area (Å²) in [5, 5.41) is 4.17. The van der Waals surface area contributed by atoms with Crippen LogP contribution in [0.1, 0.15) is 5.56 Å². The fourth-order valence-electron chi connectivity index (χ4n) is 1.50. The molecule has 0 bridgehead atoms. The highest BCUT2D eigenvalue weighted by Gasteiger charge is 1.92. The molecule has 0 atom stereocenters. The molecule has 3 nitrogen and oxygen atoms in total. The number of benzene rings is 2. The second kappa shape index (κ2) is 7.01. The maximum atomic E-state index is 5.41. The lowest BCUT2D eigenvalue weighted by atomic mass is 10.2. The smallest absolute Gasteiger partial charge is 0.119 e. The van der Waals surface area contributed by atoms with Gasteiger partial charge in [-0.15, -0.1) is 0 Å². The molecular formula is C16H16N2O. The first kappa shape index (κ1) is 12.9. The molecule has 0 saturated carbocycles. The van der Waals surface area contributed by atoms with E-state index in [1.54, 1.807) is 12.3 Å². The summed E-state index contributed by atoms with van der Waals surface area (Å²) < 4.78 is 5.41. The van der Waals surface area contributed by atoms with E-state index >= 15 is 0 Å². The second-order valence-corrected chi connectivity index (χ2v) is 3.90. The zero-order valence-electron chi connectivity index (χ0n) is 10.6. The van der Waals surface area contributed by atoms with Crippen LogP contribution < -0.4 is 10.2 Å². The van der Waals surface area contributed by atoms with E-state index in [1.807, 2.05) is 54.6 Å². The third-order valence-corrected chi connectivity index (χ3v) is 2.43. The topological polar surface area (TPSA) is 33.6 Å². The standard InChI is InChI=1S/C16H16N2O/c1-2-12-19-16-10-8-14(9-11-16)13-17-18-15-6-4-3-5-7-15/h2-11,13,18H,1,12H2. The monoisotopic (exact) mass is 252 g/mol. The van der Waals surface area contributed by atoms with Crippen molar-refractivity contribution >= 4 is 11.9 Å². The number of ether oxygens (including phenoxy) is 1. The number of hydrazone groups is 1. The van der Waals surface area contributed by atoms with Crippen molar-refractivity contribution in [2.24, 2.45) is 5.10 Å². The summed E-state index contributed by atoms with van der Waals surface area (Å²) >= 11 is 0. The average Bonchev–Trinajstić information content (AvgIpc) is 2.47. The number of rotatable bonds is 6. The van der Waals surface area contributed by atoms with Crippen molar-refractivity contribution in [2.75, 3.05) is 12.0 Å². The molecule has 0 heterocycles. The minimum absolute atomic E-state index is 0.517.